The summed E-state index contributed by atoms with van der Waals surface area (Å²) in [6.07, 6.45) is 2.29. The first kappa shape index (κ1) is 19.8. The molecule has 2 heterocycles. The smallest absolute Gasteiger partial charge is 0.242 e. The Morgan fingerprint density at radius 2 is 1.90 bits per heavy atom. The number of aryl methyl sites for hydroxylation is 1. The maximum atomic E-state index is 13.2. The number of ether oxygens (including phenoxy) is 2. The second-order valence-electron chi connectivity index (χ2n) is 7.81. The Morgan fingerprint density at radius 3 is 2.59 bits per heavy atom. The molecule has 1 fully saturated rings. The monoisotopic (exact) mass is 414 g/mol. The van der Waals surface area contributed by atoms with Crippen LogP contribution in [0.3, 0.4) is 0 Å². The van der Waals surface area contributed by atoms with Crippen molar-refractivity contribution in [1.29, 1.82) is 0 Å². The van der Waals surface area contributed by atoms with Crippen molar-refractivity contribution in [2.24, 2.45) is 5.92 Å². The molecule has 6 nitrogen and oxygen atoms in total. The minimum absolute atomic E-state index is 0.0358. The fourth-order valence-corrected chi connectivity index (χ4v) is 4.33. The van der Waals surface area contributed by atoms with Crippen molar-refractivity contribution in [2.45, 2.75) is 39.8 Å². The van der Waals surface area contributed by atoms with E-state index in [4.69, 9.17) is 9.47 Å². The van der Waals surface area contributed by atoms with E-state index in [9.17, 15) is 9.59 Å². The maximum absolute atomic E-state index is 13.2. The summed E-state index contributed by atoms with van der Waals surface area (Å²) in [7, 11) is 0. The highest BCUT2D eigenvalue weighted by Gasteiger charge is 2.28. The third-order valence-corrected chi connectivity index (χ3v) is 6.42. The Kier molecular flexibility index (Phi) is 5.76. The molecule has 2 aliphatic rings. The molecule has 0 spiro atoms. The van der Waals surface area contributed by atoms with Gasteiger partial charge in [0.1, 0.15) is 0 Å². The van der Waals surface area contributed by atoms with Gasteiger partial charge in [-0.05, 0) is 60.4 Å². The molecule has 29 heavy (non-hydrogen) atoms. The van der Waals surface area contributed by atoms with E-state index in [1.807, 2.05) is 28.5 Å². The van der Waals surface area contributed by atoms with Crippen molar-refractivity contribution in [3.63, 3.8) is 0 Å². The number of hydrogen-bond acceptors (Lipinski definition) is 5. The van der Waals surface area contributed by atoms with E-state index in [1.54, 1.807) is 23.2 Å². The Hall–Kier alpha value is -2.54. The minimum Gasteiger partial charge on any atom is -0.454 e. The predicted molar refractivity (Wildman–Crippen MR) is 111 cm³/mol. The maximum Gasteiger partial charge on any atom is 0.242 e. The summed E-state index contributed by atoms with van der Waals surface area (Å²) in [5, 5.41) is 2.04. The quantitative estimate of drug-likeness (QED) is 0.663. The molecule has 0 saturated heterocycles. The van der Waals surface area contributed by atoms with Gasteiger partial charge in [0.15, 0.2) is 11.5 Å². The van der Waals surface area contributed by atoms with Gasteiger partial charge in [0.2, 0.25) is 18.6 Å². The zero-order valence-electron chi connectivity index (χ0n) is 16.8. The van der Waals surface area contributed by atoms with Crippen molar-refractivity contribution in [2.75, 3.05) is 19.9 Å². The zero-order chi connectivity index (χ0) is 20.4. The lowest BCUT2D eigenvalue weighted by Gasteiger charge is -2.27. The summed E-state index contributed by atoms with van der Waals surface area (Å²) in [5.74, 6) is 1.91. The van der Waals surface area contributed by atoms with E-state index in [-0.39, 0.29) is 25.2 Å². The van der Waals surface area contributed by atoms with Gasteiger partial charge in [-0.15, -0.1) is 11.3 Å². The van der Waals surface area contributed by atoms with Gasteiger partial charge >= 0.3 is 0 Å². The predicted octanol–water partition coefficient (Wildman–Crippen LogP) is 3.57. The average Bonchev–Trinajstić information content (AvgIpc) is 3.23. The fourth-order valence-electron chi connectivity index (χ4n) is 3.41. The highest BCUT2D eigenvalue weighted by Crippen LogP contribution is 2.33. The van der Waals surface area contributed by atoms with Gasteiger partial charge in [-0.25, -0.2) is 0 Å². The molecule has 0 unspecified atom stereocenters. The molecular formula is C22H26N2O4S. The van der Waals surface area contributed by atoms with Crippen LogP contribution in [0.15, 0.2) is 29.6 Å². The molecule has 0 bridgehead atoms. The van der Waals surface area contributed by atoms with Gasteiger partial charge in [0.05, 0.1) is 13.1 Å². The molecule has 1 aromatic carbocycles. The fraction of sp³-hybridized carbons (Fsp3) is 0.455. The number of benzene rings is 1. The summed E-state index contributed by atoms with van der Waals surface area (Å²) in [5.41, 5.74) is 2.16. The molecule has 0 N–H and O–H groups in total. The van der Waals surface area contributed by atoms with Crippen molar-refractivity contribution in [3.05, 3.63) is 45.6 Å². The highest BCUT2D eigenvalue weighted by molar-refractivity contribution is 7.10. The van der Waals surface area contributed by atoms with Gasteiger partial charge in [-0.3, -0.25) is 9.59 Å². The Bertz CT molecular complexity index is 906. The van der Waals surface area contributed by atoms with E-state index in [2.05, 4.69) is 13.0 Å². The molecule has 2 amide bonds. The first-order valence-corrected chi connectivity index (χ1v) is 10.8. The Labute approximate surface area is 175 Å². The van der Waals surface area contributed by atoms with Gasteiger partial charge in [0, 0.05) is 24.9 Å². The van der Waals surface area contributed by atoms with E-state index in [0.29, 0.717) is 31.3 Å². The highest BCUT2D eigenvalue weighted by atomic mass is 32.1. The summed E-state index contributed by atoms with van der Waals surface area (Å²) >= 11 is 1.65. The zero-order valence-corrected chi connectivity index (χ0v) is 17.7. The van der Waals surface area contributed by atoms with Crippen molar-refractivity contribution < 1.29 is 19.1 Å². The van der Waals surface area contributed by atoms with Crippen LogP contribution < -0.4 is 9.47 Å². The third kappa shape index (κ3) is 4.90. The molecule has 7 heteroatoms. The number of fused-ring (bicyclic) bond motifs is 1. The van der Waals surface area contributed by atoms with E-state index in [0.717, 1.165) is 29.0 Å². The standard InChI is InChI=1S/C22H26N2O4S/c1-15-7-8-29-21(15)12-24(11-18-5-6-19-20(9-18)28-14-27-19)22(26)13-23(16(2)25)10-17-3-4-17/h5-9,17H,3-4,10-14H2,1-2H3. The van der Waals surface area contributed by atoms with E-state index < -0.39 is 0 Å². The lowest BCUT2D eigenvalue weighted by Crippen LogP contribution is -2.42. The number of hydrogen-bond donors (Lipinski definition) is 0. The SMILES string of the molecule is CC(=O)N(CC(=O)N(Cc1ccc2c(c1)OCO2)Cc1sccc1C)CC1CC1. The number of thiophene rings is 1. The second kappa shape index (κ2) is 8.45. The lowest BCUT2D eigenvalue weighted by atomic mass is 10.1. The second-order valence-corrected chi connectivity index (χ2v) is 8.81. The van der Waals surface area contributed by atoms with Crippen LogP contribution in [-0.4, -0.2) is 41.5 Å². The van der Waals surface area contributed by atoms with Gasteiger partial charge in [-0.2, -0.15) is 0 Å². The molecule has 2 aromatic rings. The number of amides is 2. The van der Waals surface area contributed by atoms with Crippen LogP contribution in [0.1, 0.15) is 35.8 Å². The van der Waals surface area contributed by atoms with Crippen LogP contribution in [-0.2, 0) is 22.7 Å². The van der Waals surface area contributed by atoms with E-state index in [1.165, 1.54) is 5.56 Å². The molecule has 0 atom stereocenters. The third-order valence-electron chi connectivity index (χ3n) is 5.41. The summed E-state index contributed by atoms with van der Waals surface area (Å²) in [6.45, 7) is 5.63. The topological polar surface area (TPSA) is 59.1 Å². The van der Waals surface area contributed by atoms with E-state index >= 15 is 0 Å². The molecule has 0 radical (unpaired) electrons. The summed E-state index contributed by atoms with van der Waals surface area (Å²) in [6, 6.07) is 7.84. The number of carbonyl (C=O) groups is 2. The van der Waals surface area contributed by atoms with Crippen molar-refractivity contribution in [3.8, 4) is 11.5 Å². The van der Waals surface area contributed by atoms with Gasteiger partial charge in [0.25, 0.3) is 0 Å². The number of nitrogens with zero attached hydrogens (tertiary/aromatic N) is 2. The Balaban J connectivity index is 1.51. The molecule has 1 aliphatic carbocycles. The number of carbonyl (C=O) groups excluding carboxylic acids is 2. The molecular weight excluding hydrogens is 388 g/mol. The first-order valence-electron chi connectivity index (χ1n) is 9.94. The lowest BCUT2D eigenvalue weighted by molar-refractivity contribution is -0.140. The first-order chi connectivity index (χ1) is 14.0. The minimum atomic E-state index is -0.0411. The molecule has 1 aliphatic heterocycles. The molecule has 154 valence electrons. The van der Waals surface area contributed by atoms with Crippen LogP contribution in [0.4, 0.5) is 0 Å². The Morgan fingerprint density at radius 1 is 1.10 bits per heavy atom. The summed E-state index contributed by atoms with van der Waals surface area (Å²) < 4.78 is 10.9. The largest absolute Gasteiger partial charge is 0.454 e. The van der Waals surface area contributed by atoms with Crippen LogP contribution in [0.25, 0.3) is 0 Å². The van der Waals surface area contributed by atoms with Gasteiger partial charge < -0.3 is 19.3 Å². The van der Waals surface area contributed by atoms with Crippen LogP contribution in [0.5, 0.6) is 11.5 Å². The molecule has 4 rings (SSSR count). The van der Waals surface area contributed by atoms with Crippen molar-refractivity contribution in [1.82, 2.24) is 9.80 Å². The van der Waals surface area contributed by atoms with Crippen molar-refractivity contribution >= 4 is 23.2 Å². The number of rotatable bonds is 8. The average molecular weight is 415 g/mol. The van der Waals surface area contributed by atoms with Gasteiger partial charge in [-0.1, -0.05) is 6.07 Å². The van der Waals surface area contributed by atoms with Crippen LogP contribution >= 0.6 is 11.3 Å². The van der Waals surface area contributed by atoms with Crippen LogP contribution in [0.2, 0.25) is 0 Å². The molecule has 1 aromatic heterocycles. The summed E-state index contributed by atoms with van der Waals surface area (Å²) in [4.78, 5) is 29.9. The molecule has 1 saturated carbocycles. The van der Waals surface area contributed by atoms with Crippen LogP contribution in [0, 0.1) is 12.8 Å². The normalized spacial score (nSPS) is 14.7.